The SMILES string of the molecule is CSCC[C@@H](NC(=O)NC(C)C(=O)N1CCCC1)C(=O)O. The minimum Gasteiger partial charge on any atom is -0.480 e. The number of rotatable bonds is 7. The number of hydrogen-bond acceptors (Lipinski definition) is 4. The van der Waals surface area contributed by atoms with Gasteiger partial charge in [-0.15, -0.1) is 0 Å². The van der Waals surface area contributed by atoms with E-state index >= 15 is 0 Å². The second-order valence-corrected chi connectivity index (χ2v) is 6.03. The summed E-state index contributed by atoms with van der Waals surface area (Å²) in [5, 5.41) is 13.9. The van der Waals surface area contributed by atoms with Crippen molar-refractivity contribution in [3.8, 4) is 0 Å². The minimum atomic E-state index is -1.07. The van der Waals surface area contributed by atoms with Gasteiger partial charge in [0.15, 0.2) is 0 Å². The van der Waals surface area contributed by atoms with Gasteiger partial charge in [-0.1, -0.05) is 0 Å². The highest BCUT2D eigenvalue weighted by molar-refractivity contribution is 7.98. The molecule has 1 aliphatic rings. The quantitative estimate of drug-likeness (QED) is 0.635. The summed E-state index contributed by atoms with van der Waals surface area (Å²) in [4.78, 5) is 36.6. The van der Waals surface area contributed by atoms with Crippen molar-refractivity contribution < 1.29 is 19.5 Å². The first-order valence-corrected chi connectivity index (χ1v) is 8.42. The number of hydrogen-bond donors (Lipinski definition) is 3. The van der Waals surface area contributed by atoms with Crippen molar-refractivity contribution in [2.75, 3.05) is 25.1 Å². The van der Waals surface area contributed by atoms with Crippen LogP contribution in [0.3, 0.4) is 0 Å². The number of likely N-dealkylation sites (tertiary alicyclic amines) is 1. The maximum absolute atomic E-state index is 12.0. The molecule has 0 aliphatic carbocycles. The van der Waals surface area contributed by atoms with Crippen LogP contribution in [0.2, 0.25) is 0 Å². The molecule has 1 aliphatic heterocycles. The molecule has 0 radical (unpaired) electrons. The Bertz CT molecular complexity index is 386. The van der Waals surface area contributed by atoms with Crippen molar-refractivity contribution in [2.24, 2.45) is 0 Å². The summed E-state index contributed by atoms with van der Waals surface area (Å²) in [6.07, 6.45) is 4.19. The molecule has 21 heavy (non-hydrogen) atoms. The van der Waals surface area contributed by atoms with Gasteiger partial charge in [0.1, 0.15) is 12.1 Å². The summed E-state index contributed by atoms with van der Waals surface area (Å²) in [5.74, 6) is -0.559. The molecule has 3 N–H and O–H groups in total. The Hall–Kier alpha value is -1.44. The smallest absolute Gasteiger partial charge is 0.326 e. The van der Waals surface area contributed by atoms with Gasteiger partial charge in [-0.3, -0.25) is 4.79 Å². The minimum absolute atomic E-state index is 0.126. The normalized spacial score (nSPS) is 17.1. The summed E-state index contributed by atoms with van der Waals surface area (Å²) < 4.78 is 0. The summed E-state index contributed by atoms with van der Waals surface area (Å²) in [6.45, 7) is 3.05. The third-order valence-electron chi connectivity index (χ3n) is 3.35. The molecule has 1 saturated heterocycles. The van der Waals surface area contributed by atoms with Crippen LogP contribution in [-0.2, 0) is 9.59 Å². The highest BCUT2D eigenvalue weighted by Crippen LogP contribution is 2.09. The molecule has 0 aromatic carbocycles. The Morgan fingerprint density at radius 3 is 2.38 bits per heavy atom. The van der Waals surface area contributed by atoms with Crippen LogP contribution in [0.15, 0.2) is 0 Å². The number of carbonyl (C=O) groups excluding carboxylic acids is 2. The molecule has 120 valence electrons. The lowest BCUT2D eigenvalue weighted by Crippen LogP contribution is -2.52. The zero-order chi connectivity index (χ0) is 15.8. The molecule has 1 heterocycles. The second kappa shape index (κ2) is 8.76. The lowest BCUT2D eigenvalue weighted by atomic mass is 10.2. The number of carbonyl (C=O) groups is 3. The van der Waals surface area contributed by atoms with E-state index in [1.165, 1.54) is 11.8 Å². The zero-order valence-corrected chi connectivity index (χ0v) is 13.2. The summed E-state index contributed by atoms with van der Waals surface area (Å²) in [7, 11) is 0. The van der Waals surface area contributed by atoms with Crippen LogP contribution in [-0.4, -0.2) is 65.1 Å². The highest BCUT2D eigenvalue weighted by Gasteiger charge is 2.26. The van der Waals surface area contributed by atoms with Crippen molar-refractivity contribution >= 4 is 29.7 Å². The van der Waals surface area contributed by atoms with E-state index in [2.05, 4.69) is 10.6 Å². The standard InChI is InChI=1S/C13H23N3O4S/c1-9(11(17)16-6-3-4-7-16)14-13(20)15-10(12(18)19)5-8-21-2/h9-10H,3-8H2,1-2H3,(H,18,19)(H2,14,15,20)/t9?,10-/m1/s1. The number of carboxylic acid groups (broad SMARTS) is 1. The largest absolute Gasteiger partial charge is 0.480 e. The van der Waals surface area contributed by atoms with Gasteiger partial charge in [0, 0.05) is 13.1 Å². The zero-order valence-electron chi connectivity index (χ0n) is 12.4. The second-order valence-electron chi connectivity index (χ2n) is 5.04. The number of urea groups is 1. The maximum Gasteiger partial charge on any atom is 0.326 e. The number of amides is 3. The fraction of sp³-hybridized carbons (Fsp3) is 0.769. The van der Waals surface area contributed by atoms with E-state index in [0.717, 1.165) is 25.9 Å². The van der Waals surface area contributed by atoms with Gasteiger partial charge in [-0.05, 0) is 38.2 Å². The molecule has 8 heteroatoms. The van der Waals surface area contributed by atoms with Gasteiger partial charge in [0.05, 0.1) is 0 Å². The molecule has 0 saturated carbocycles. The van der Waals surface area contributed by atoms with Crippen LogP contribution < -0.4 is 10.6 Å². The van der Waals surface area contributed by atoms with Crippen LogP contribution in [0.4, 0.5) is 4.79 Å². The van der Waals surface area contributed by atoms with Crippen LogP contribution in [0.5, 0.6) is 0 Å². The van der Waals surface area contributed by atoms with Gasteiger partial charge >= 0.3 is 12.0 Å². The van der Waals surface area contributed by atoms with Crippen LogP contribution in [0.25, 0.3) is 0 Å². The molecule has 7 nitrogen and oxygen atoms in total. The van der Waals surface area contributed by atoms with E-state index in [-0.39, 0.29) is 5.91 Å². The Morgan fingerprint density at radius 2 is 1.86 bits per heavy atom. The predicted molar refractivity (Wildman–Crippen MR) is 81.4 cm³/mol. The van der Waals surface area contributed by atoms with Gasteiger partial charge in [-0.25, -0.2) is 9.59 Å². The fourth-order valence-corrected chi connectivity index (χ4v) is 2.63. The molecule has 2 atom stereocenters. The predicted octanol–water partition coefficient (Wildman–Crippen LogP) is 0.503. The number of nitrogens with zero attached hydrogens (tertiary/aromatic N) is 1. The van der Waals surface area contributed by atoms with Crippen molar-refractivity contribution in [3.63, 3.8) is 0 Å². The average molecular weight is 317 g/mol. The van der Waals surface area contributed by atoms with Gasteiger partial charge in [0.2, 0.25) is 5.91 Å². The Kier molecular flexibility index (Phi) is 7.35. The monoisotopic (exact) mass is 317 g/mol. The summed E-state index contributed by atoms with van der Waals surface area (Å²) >= 11 is 1.51. The van der Waals surface area contributed by atoms with Gasteiger partial charge < -0.3 is 20.6 Å². The van der Waals surface area contributed by atoms with Crippen molar-refractivity contribution in [2.45, 2.75) is 38.3 Å². The first-order chi connectivity index (χ1) is 9.95. The van der Waals surface area contributed by atoms with Crippen LogP contribution in [0.1, 0.15) is 26.2 Å². The number of thioether (sulfide) groups is 1. The number of aliphatic carboxylic acids is 1. The van der Waals surface area contributed by atoms with Gasteiger partial charge in [0.25, 0.3) is 0 Å². The Morgan fingerprint density at radius 1 is 1.24 bits per heavy atom. The Labute approximate surface area is 128 Å². The van der Waals surface area contributed by atoms with Crippen molar-refractivity contribution in [1.29, 1.82) is 0 Å². The van der Waals surface area contributed by atoms with Crippen LogP contribution in [0, 0.1) is 0 Å². The molecular formula is C13H23N3O4S. The molecule has 1 unspecified atom stereocenters. The van der Waals surface area contributed by atoms with E-state index in [0.29, 0.717) is 12.2 Å². The third kappa shape index (κ3) is 5.82. The molecule has 0 aromatic heterocycles. The first kappa shape index (κ1) is 17.6. The fourth-order valence-electron chi connectivity index (χ4n) is 2.16. The Balaban J connectivity index is 2.43. The van der Waals surface area contributed by atoms with Crippen molar-refractivity contribution in [1.82, 2.24) is 15.5 Å². The number of nitrogens with one attached hydrogen (secondary N) is 2. The van der Waals surface area contributed by atoms with Crippen molar-refractivity contribution in [3.05, 3.63) is 0 Å². The van der Waals surface area contributed by atoms with E-state index in [9.17, 15) is 14.4 Å². The first-order valence-electron chi connectivity index (χ1n) is 7.03. The maximum atomic E-state index is 12.0. The molecule has 0 bridgehead atoms. The molecule has 1 rings (SSSR count). The molecular weight excluding hydrogens is 294 g/mol. The molecule has 0 spiro atoms. The highest BCUT2D eigenvalue weighted by atomic mass is 32.2. The third-order valence-corrected chi connectivity index (χ3v) is 3.99. The van der Waals surface area contributed by atoms with E-state index in [4.69, 9.17) is 5.11 Å². The summed E-state index contributed by atoms with van der Waals surface area (Å²) in [6, 6.07) is -2.21. The molecule has 0 aromatic rings. The lowest BCUT2D eigenvalue weighted by Gasteiger charge is -2.22. The van der Waals surface area contributed by atoms with E-state index in [1.807, 2.05) is 6.26 Å². The van der Waals surface area contributed by atoms with Crippen LogP contribution >= 0.6 is 11.8 Å². The average Bonchev–Trinajstić information content (AvgIpc) is 2.96. The lowest BCUT2D eigenvalue weighted by molar-refractivity contribution is -0.139. The van der Waals surface area contributed by atoms with E-state index < -0.39 is 24.1 Å². The number of carboxylic acids is 1. The van der Waals surface area contributed by atoms with Gasteiger partial charge in [-0.2, -0.15) is 11.8 Å². The molecule has 1 fully saturated rings. The topological polar surface area (TPSA) is 98.7 Å². The van der Waals surface area contributed by atoms with E-state index in [1.54, 1.807) is 11.8 Å². The molecule has 3 amide bonds. The summed E-state index contributed by atoms with van der Waals surface area (Å²) in [5.41, 5.74) is 0.